The van der Waals surface area contributed by atoms with Crippen molar-refractivity contribution in [3.05, 3.63) is 53.1 Å². The summed E-state index contributed by atoms with van der Waals surface area (Å²) < 4.78 is 16.2. The highest BCUT2D eigenvalue weighted by Crippen LogP contribution is 2.39. The molecule has 0 fully saturated rings. The maximum absolute atomic E-state index is 6.43. The molecule has 1 atom stereocenters. The van der Waals surface area contributed by atoms with Crippen LogP contribution in [0.25, 0.3) is 0 Å². The molecule has 2 N–H and O–H groups in total. The lowest BCUT2D eigenvalue weighted by Gasteiger charge is -2.20. The van der Waals surface area contributed by atoms with Crippen molar-refractivity contribution in [1.82, 2.24) is 0 Å². The lowest BCUT2D eigenvalue weighted by Crippen LogP contribution is -2.14. The molecular weight excluding hydrogens is 266 g/mol. The van der Waals surface area contributed by atoms with Crippen LogP contribution in [0.1, 0.15) is 22.7 Å². The molecule has 0 radical (unpaired) electrons. The van der Waals surface area contributed by atoms with Gasteiger partial charge < -0.3 is 19.9 Å². The van der Waals surface area contributed by atoms with Crippen LogP contribution < -0.4 is 19.9 Å². The number of rotatable bonds is 5. The van der Waals surface area contributed by atoms with Gasteiger partial charge in [-0.05, 0) is 12.5 Å². The number of hydrogen-bond donors (Lipinski definition) is 1. The van der Waals surface area contributed by atoms with E-state index in [-0.39, 0.29) is 6.04 Å². The fraction of sp³-hybridized carbons (Fsp3) is 0.294. The first-order chi connectivity index (χ1) is 10.1. The Hall–Kier alpha value is -2.20. The third-order valence-corrected chi connectivity index (χ3v) is 3.47. The van der Waals surface area contributed by atoms with Gasteiger partial charge in [0.1, 0.15) is 17.2 Å². The first kappa shape index (κ1) is 15.2. The Bertz CT molecular complexity index is 600. The molecule has 0 aromatic heterocycles. The number of benzene rings is 2. The number of nitrogens with two attached hydrogens (primary N) is 1. The summed E-state index contributed by atoms with van der Waals surface area (Å²) in [7, 11) is 4.83. The van der Waals surface area contributed by atoms with Crippen LogP contribution in [0, 0.1) is 6.92 Å². The van der Waals surface area contributed by atoms with Gasteiger partial charge in [0.25, 0.3) is 0 Å². The van der Waals surface area contributed by atoms with Crippen molar-refractivity contribution in [2.24, 2.45) is 5.73 Å². The lowest BCUT2D eigenvalue weighted by atomic mass is 9.96. The number of ether oxygens (including phenoxy) is 3. The summed E-state index contributed by atoms with van der Waals surface area (Å²) in [5, 5.41) is 0. The third kappa shape index (κ3) is 3.11. The molecule has 0 aliphatic rings. The maximum Gasteiger partial charge on any atom is 0.131 e. The predicted octanol–water partition coefficient (Wildman–Crippen LogP) is 3.07. The van der Waals surface area contributed by atoms with Crippen LogP contribution >= 0.6 is 0 Å². The first-order valence-corrected chi connectivity index (χ1v) is 6.72. The average molecular weight is 287 g/mol. The predicted molar refractivity (Wildman–Crippen MR) is 83.3 cm³/mol. The second kappa shape index (κ2) is 6.50. The molecule has 4 nitrogen and oxygen atoms in total. The van der Waals surface area contributed by atoms with Crippen molar-refractivity contribution >= 4 is 0 Å². The van der Waals surface area contributed by atoms with Gasteiger partial charge in [-0.15, -0.1) is 0 Å². The molecule has 2 aromatic rings. The molecule has 2 aromatic carbocycles. The largest absolute Gasteiger partial charge is 0.496 e. The summed E-state index contributed by atoms with van der Waals surface area (Å²) in [6.45, 7) is 2.04. The molecule has 0 spiro atoms. The standard InChI is InChI=1S/C17H21NO3/c1-11-6-5-7-12(8-11)17(18)16-14(20-3)9-13(19-2)10-15(16)21-4/h5-10,17H,18H2,1-4H3. The van der Waals surface area contributed by atoms with Gasteiger partial charge >= 0.3 is 0 Å². The van der Waals surface area contributed by atoms with E-state index in [2.05, 4.69) is 6.07 Å². The van der Waals surface area contributed by atoms with Gasteiger partial charge in [-0.1, -0.05) is 29.8 Å². The normalized spacial score (nSPS) is 11.9. The van der Waals surface area contributed by atoms with Gasteiger partial charge in [-0.2, -0.15) is 0 Å². The van der Waals surface area contributed by atoms with E-state index in [9.17, 15) is 0 Å². The zero-order valence-corrected chi connectivity index (χ0v) is 12.8. The molecule has 0 amide bonds. The van der Waals surface area contributed by atoms with Crippen LogP contribution in [0.5, 0.6) is 17.2 Å². The molecule has 0 saturated carbocycles. The van der Waals surface area contributed by atoms with Crippen molar-refractivity contribution in [3.8, 4) is 17.2 Å². The Kier molecular flexibility index (Phi) is 4.70. The minimum atomic E-state index is -0.333. The van der Waals surface area contributed by atoms with Crippen molar-refractivity contribution in [2.45, 2.75) is 13.0 Å². The zero-order chi connectivity index (χ0) is 15.4. The van der Waals surface area contributed by atoms with Crippen LogP contribution in [0.2, 0.25) is 0 Å². The molecule has 1 unspecified atom stereocenters. The van der Waals surface area contributed by atoms with Crippen LogP contribution in [-0.2, 0) is 0 Å². The number of aryl methyl sites for hydroxylation is 1. The third-order valence-electron chi connectivity index (χ3n) is 3.47. The summed E-state index contributed by atoms with van der Waals surface area (Å²) >= 11 is 0. The van der Waals surface area contributed by atoms with E-state index in [1.54, 1.807) is 21.3 Å². The highest BCUT2D eigenvalue weighted by Gasteiger charge is 2.21. The molecule has 2 rings (SSSR count). The molecule has 0 saturated heterocycles. The second-order valence-corrected chi connectivity index (χ2v) is 4.84. The summed E-state index contributed by atoms with van der Waals surface area (Å²) in [6, 6.07) is 11.4. The molecule has 112 valence electrons. The van der Waals surface area contributed by atoms with Crippen LogP contribution in [0.3, 0.4) is 0 Å². The van der Waals surface area contributed by atoms with Crippen molar-refractivity contribution < 1.29 is 14.2 Å². The zero-order valence-electron chi connectivity index (χ0n) is 12.8. The average Bonchev–Trinajstić information content (AvgIpc) is 2.52. The van der Waals surface area contributed by atoms with E-state index in [1.807, 2.05) is 37.3 Å². The molecule has 4 heteroatoms. The van der Waals surface area contributed by atoms with E-state index >= 15 is 0 Å². The summed E-state index contributed by atoms with van der Waals surface area (Å²) in [6.07, 6.45) is 0. The van der Waals surface area contributed by atoms with E-state index in [1.165, 1.54) is 0 Å². The van der Waals surface area contributed by atoms with E-state index in [0.29, 0.717) is 17.2 Å². The Balaban J connectivity index is 2.55. The molecule has 21 heavy (non-hydrogen) atoms. The molecular formula is C17H21NO3. The maximum atomic E-state index is 6.43. The molecule has 0 bridgehead atoms. The smallest absolute Gasteiger partial charge is 0.131 e. The Morgan fingerprint density at radius 3 is 2.00 bits per heavy atom. The van der Waals surface area contributed by atoms with Gasteiger partial charge in [0, 0.05) is 12.1 Å². The summed E-state index contributed by atoms with van der Waals surface area (Å²) in [4.78, 5) is 0. The fourth-order valence-electron chi connectivity index (χ4n) is 2.37. The minimum absolute atomic E-state index is 0.333. The van der Waals surface area contributed by atoms with Gasteiger partial charge in [-0.3, -0.25) is 0 Å². The van der Waals surface area contributed by atoms with Gasteiger partial charge in [0.2, 0.25) is 0 Å². The minimum Gasteiger partial charge on any atom is -0.496 e. The highest BCUT2D eigenvalue weighted by atomic mass is 16.5. The summed E-state index contributed by atoms with van der Waals surface area (Å²) in [5.74, 6) is 1.98. The van der Waals surface area contributed by atoms with E-state index in [0.717, 1.165) is 16.7 Å². The molecule has 0 aliphatic carbocycles. The fourth-order valence-corrected chi connectivity index (χ4v) is 2.37. The van der Waals surface area contributed by atoms with Gasteiger partial charge in [-0.25, -0.2) is 0 Å². The van der Waals surface area contributed by atoms with Crippen molar-refractivity contribution in [2.75, 3.05) is 21.3 Å². The highest BCUT2D eigenvalue weighted by molar-refractivity contribution is 5.54. The second-order valence-electron chi connectivity index (χ2n) is 4.84. The Labute approximate surface area is 125 Å². The van der Waals surface area contributed by atoms with Gasteiger partial charge in [0.05, 0.1) is 32.9 Å². The van der Waals surface area contributed by atoms with Crippen LogP contribution in [0.15, 0.2) is 36.4 Å². The van der Waals surface area contributed by atoms with E-state index in [4.69, 9.17) is 19.9 Å². The van der Waals surface area contributed by atoms with Gasteiger partial charge in [0.15, 0.2) is 0 Å². The molecule has 0 aliphatic heterocycles. The monoisotopic (exact) mass is 287 g/mol. The first-order valence-electron chi connectivity index (χ1n) is 6.72. The SMILES string of the molecule is COc1cc(OC)c(C(N)c2cccc(C)c2)c(OC)c1. The molecule has 0 heterocycles. The lowest BCUT2D eigenvalue weighted by molar-refractivity contribution is 0.366. The Morgan fingerprint density at radius 2 is 1.52 bits per heavy atom. The quantitative estimate of drug-likeness (QED) is 0.918. The van der Waals surface area contributed by atoms with Crippen LogP contribution in [0.4, 0.5) is 0 Å². The van der Waals surface area contributed by atoms with Crippen molar-refractivity contribution in [3.63, 3.8) is 0 Å². The summed E-state index contributed by atoms with van der Waals surface area (Å²) in [5.41, 5.74) is 9.41. The topological polar surface area (TPSA) is 53.7 Å². The Morgan fingerprint density at radius 1 is 0.905 bits per heavy atom. The van der Waals surface area contributed by atoms with Crippen LogP contribution in [-0.4, -0.2) is 21.3 Å². The van der Waals surface area contributed by atoms with Crippen molar-refractivity contribution in [1.29, 1.82) is 0 Å². The number of hydrogen-bond acceptors (Lipinski definition) is 4. The van der Waals surface area contributed by atoms with E-state index < -0.39 is 0 Å². The number of methoxy groups -OCH3 is 3.